The summed E-state index contributed by atoms with van der Waals surface area (Å²) in [6, 6.07) is 12.7. The lowest BCUT2D eigenvalue weighted by Crippen LogP contribution is -2.24. The van der Waals surface area contributed by atoms with E-state index in [0.717, 1.165) is 4.88 Å². The summed E-state index contributed by atoms with van der Waals surface area (Å²) < 4.78 is 0. The molecule has 0 saturated heterocycles. The zero-order valence-electron chi connectivity index (χ0n) is 10.8. The Morgan fingerprint density at radius 1 is 1.22 bits per heavy atom. The Hall–Kier alpha value is -1.16. The van der Waals surface area contributed by atoms with Crippen molar-refractivity contribution in [3.8, 4) is 0 Å². The number of thiophene rings is 1. The van der Waals surface area contributed by atoms with Gasteiger partial charge in [-0.25, -0.2) is 0 Å². The van der Waals surface area contributed by atoms with Crippen LogP contribution in [0.3, 0.4) is 0 Å². The van der Waals surface area contributed by atoms with Crippen molar-refractivity contribution >= 4 is 11.3 Å². The highest BCUT2D eigenvalue weighted by Crippen LogP contribution is 2.19. The molecule has 0 aliphatic rings. The predicted octanol–water partition coefficient (Wildman–Crippen LogP) is 3.44. The number of aliphatic hydroxyl groups is 1. The van der Waals surface area contributed by atoms with Crippen molar-refractivity contribution in [2.24, 2.45) is 0 Å². The Kier molecular flexibility index (Phi) is 4.53. The third-order valence-corrected chi connectivity index (χ3v) is 4.04. The van der Waals surface area contributed by atoms with Crippen molar-refractivity contribution in [3.63, 3.8) is 0 Å². The molecular formula is C15H19NOS. The topological polar surface area (TPSA) is 32.3 Å². The van der Waals surface area contributed by atoms with Crippen LogP contribution in [0.4, 0.5) is 0 Å². The second kappa shape index (κ2) is 6.14. The normalized spacial score (nSPS) is 14.4. The molecule has 0 amide bonds. The maximum atomic E-state index is 10.00. The summed E-state index contributed by atoms with van der Waals surface area (Å²) in [4.78, 5) is 1.01. The first-order valence-corrected chi connectivity index (χ1v) is 7.06. The Morgan fingerprint density at radius 2 is 1.94 bits per heavy atom. The summed E-state index contributed by atoms with van der Waals surface area (Å²) in [6.07, 6.45) is -0.419. The maximum Gasteiger partial charge on any atom is 0.101 e. The quantitative estimate of drug-likeness (QED) is 0.864. The van der Waals surface area contributed by atoms with E-state index in [2.05, 4.69) is 43.4 Å². The molecule has 0 aliphatic carbocycles. The van der Waals surface area contributed by atoms with Crippen molar-refractivity contribution in [2.75, 3.05) is 6.54 Å². The summed E-state index contributed by atoms with van der Waals surface area (Å²) in [5.74, 6) is 0. The lowest BCUT2D eigenvalue weighted by molar-refractivity contribution is 0.174. The molecule has 2 aromatic rings. The highest BCUT2D eigenvalue weighted by Gasteiger charge is 2.11. The third kappa shape index (κ3) is 3.42. The number of aliphatic hydroxyl groups excluding tert-OH is 1. The molecule has 96 valence electrons. The van der Waals surface area contributed by atoms with E-state index >= 15 is 0 Å². The number of hydrogen-bond donors (Lipinski definition) is 2. The van der Waals surface area contributed by atoms with Gasteiger partial charge in [-0.2, -0.15) is 0 Å². The molecule has 0 spiro atoms. The van der Waals surface area contributed by atoms with Gasteiger partial charge in [0.25, 0.3) is 0 Å². The molecule has 0 radical (unpaired) electrons. The van der Waals surface area contributed by atoms with Crippen molar-refractivity contribution in [2.45, 2.75) is 26.0 Å². The number of nitrogens with one attached hydrogen (secondary N) is 1. The molecule has 0 aliphatic heterocycles. The number of rotatable bonds is 5. The van der Waals surface area contributed by atoms with E-state index in [4.69, 9.17) is 0 Å². The minimum atomic E-state index is -0.419. The predicted molar refractivity (Wildman–Crippen MR) is 76.9 cm³/mol. The molecule has 3 heteroatoms. The molecule has 0 bridgehead atoms. The van der Waals surface area contributed by atoms with Crippen LogP contribution in [0.2, 0.25) is 0 Å². The van der Waals surface area contributed by atoms with E-state index in [1.807, 2.05) is 17.5 Å². The van der Waals surface area contributed by atoms with Crippen LogP contribution in [0.1, 0.15) is 35.1 Å². The lowest BCUT2D eigenvalue weighted by Gasteiger charge is -2.17. The van der Waals surface area contributed by atoms with E-state index in [9.17, 15) is 5.11 Å². The molecule has 1 aromatic carbocycles. The van der Waals surface area contributed by atoms with E-state index in [-0.39, 0.29) is 6.04 Å². The third-order valence-electron chi connectivity index (χ3n) is 3.07. The van der Waals surface area contributed by atoms with Crippen LogP contribution >= 0.6 is 11.3 Å². The molecule has 0 fully saturated rings. The fourth-order valence-electron chi connectivity index (χ4n) is 1.84. The maximum absolute atomic E-state index is 10.00. The van der Waals surface area contributed by atoms with E-state index < -0.39 is 6.10 Å². The van der Waals surface area contributed by atoms with Gasteiger partial charge in [0.05, 0.1) is 0 Å². The highest BCUT2D eigenvalue weighted by molar-refractivity contribution is 7.10. The van der Waals surface area contributed by atoms with E-state index in [1.165, 1.54) is 11.1 Å². The number of hydrogen-bond acceptors (Lipinski definition) is 3. The number of aryl methyl sites for hydroxylation is 1. The SMILES string of the molecule is Cc1ccc(C(C)NCC(O)c2cccs2)cc1. The average Bonchev–Trinajstić information content (AvgIpc) is 2.90. The standard InChI is InChI=1S/C15H19NOS/c1-11-5-7-13(8-6-11)12(2)16-10-14(17)15-4-3-9-18-15/h3-9,12,14,16-17H,10H2,1-2H3. The summed E-state index contributed by atoms with van der Waals surface area (Å²) in [7, 11) is 0. The molecule has 1 aromatic heterocycles. The molecule has 0 saturated carbocycles. The monoisotopic (exact) mass is 261 g/mol. The van der Waals surface area contributed by atoms with Crippen LogP contribution in [0.25, 0.3) is 0 Å². The van der Waals surface area contributed by atoms with Crippen LogP contribution in [0.5, 0.6) is 0 Å². The smallest absolute Gasteiger partial charge is 0.101 e. The van der Waals surface area contributed by atoms with Crippen LogP contribution in [-0.2, 0) is 0 Å². The summed E-state index contributed by atoms with van der Waals surface area (Å²) in [5.41, 5.74) is 2.52. The summed E-state index contributed by atoms with van der Waals surface area (Å²) in [5, 5.41) is 15.3. The van der Waals surface area contributed by atoms with Gasteiger partial charge in [-0.1, -0.05) is 35.9 Å². The van der Waals surface area contributed by atoms with E-state index in [0.29, 0.717) is 6.54 Å². The minimum absolute atomic E-state index is 0.250. The zero-order valence-corrected chi connectivity index (χ0v) is 11.6. The molecular weight excluding hydrogens is 242 g/mol. The Labute approximate surface area is 112 Å². The first-order chi connectivity index (χ1) is 8.66. The zero-order chi connectivity index (χ0) is 13.0. The molecule has 1 heterocycles. The summed E-state index contributed by atoms with van der Waals surface area (Å²) >= 11 is 1.59. The van der Waals surface area contributed by atoms with Crippen LogP contribution < -0.4 is 5.32 Å². The fourth-order valence-corrected chi connectivity index (χ4v) is 2.55. The van der Waals surface area contributed by atoms with Crippen LogP contribution in [0, 0.1) is 6.92 Å². The first kappa shape index (κ1) is 13.3. The van der Waals surface area contributed by atoms with Gasteiger partial charge < -0.3 is 10.4 Å². The summed E-state index contributed by atoms with van der Waals surface area (Å²) in [6.45, 7) is 4.78. The second-order valence-corrected chi connectivity index (χ2v) is 5.55. The van der Waals surface area contributed by atoms with Gasteiger partial charge in [-0.3, -0.25) is 0 Å². The second-order valence-electron chi connectivity index (χ2n) is 4.57. The average molecular weight is 261 g/mol. The Bertz CT molecular complexity index is 464. The first-order valence-electron chi connectivity index (χ1n) is 6.18. The van der Waals surface area contributed by atoms with Gasteiger partial charge in [-0.05, 0) is 30.9 Å². The van der Waals surface area contributed by atoms with Crippen molar-refractivity contribution in [1.82, 2.24) is 5.32 Å². The Balaban J connectivity index is 1.88. The Morgan fingerprint density at radius 3 is 2.56 bits per heavy atom. The van der Waals surface area contributed by atoms with Crippen molar-refractivity contribution < 1.29 is 5.11 Å². The lowest BCUT2D eigenvalue weighted by atomic mass is 10.1. The van der Waals surface area contributed by atoms with Crippen molar-refractivity contribution in [1.29, 1.82) is 0 Å². The largest absolute Gasteiger partial charge is 0.386 e. The minimum Gasteiger partial charge on any atom is -0.386 e. The van der Waals surface area contributed by atoms with Gasteiger partial charge in [-0.15, -0.1) is 11.3 Å². The molecule has 2 N–H and O–H groups in total. The van der Waals surface area contributed by atoms with Gasteiger partial charge in [0.2, 0.25) is 0 Å². The van der Waals surface area contributed by atoms with Gasteiger partial charge in [0.1, 0.15) is 6.10 Å². The molecule has 2 unspecified atom stereocenters. The molecule has 2 rings (SSSR count). The number of benzene rings is 1. The van der Waals surface area contributed by atoms with E-state index in [1.54, 1.807) is 11.3 Å². The van der Waals surface area contributed by atoms with Crippen LogP contribution in [0.15, 0.2) is 41.8 Å². The van der Waals surface area contributed by atoms with Gasteiger partial charge in [0, 0.05) is 17.5 Å². The van der Waals surface area contributed by atoms with Crippen LogP contribution in [-0.4, -0.2) is 11.7 Å². The highest BCUT2D eigenvalue weighted by atomic mass is 32.1. The van der Waals surface area contributed by atoms with Crippen molar-refractivity contribution in [3.05, 3.63) is 57.8 Å². The van der Waals surface area contributed by atoms with Gasteiger partial charge >= 0.3 is 0 Å². The fraction of sp³-hybridized carbons (Fsp3) is 0.333. The molecule has 2 nitrogen and oxygen atoms in total. The molecule has 18 heavy (non-hydrogen) atoms. The molecule has 2 atom stereocenters. The van der Waals surface area contributed by atoms with Gasteiger partial charge in [0.15, 0.2) is 0 Å².